The average Bonchev–Trinajstić information content (AvgIpc) is 2.34. The minimum absolute atomic E-state index is 0.661. The average molecular weight is 391 g/mol. The molecule has 0 atom stereocenters. The van der Waals surface area contributed by atoms with Crippen LogP contribution in [0.25, 0.3) is 6.08 Å². The fraction of sp³-hybridized carbons (Fsp3) is 0.467. The number of rotatable bonds is 7. The largest absolute Gasteiger partial charge is 0.492 e. The maximum Gasteiger partial charge on any atom is 0.140 e. The van der Waals surface area contributed by atoms with Crippen LogP contribution in [0.2, 0.25) is 0 Å². The molecule has 0 radical (unpaired) electrons. The number of ether oxygens (including phenoxy) is 1. The molecule has 1 aromatic carbocycles. The summed E-state index contributed by atoms with van der Waals surface area (Å²) in [6, 6.07) is 4.09. The zero-order valence-electron chi connectivity index (χ0n) is 11.7. The zero-order valence-corrected chi connectivity index (χ0v) is 14.9. The lowest BCUT2D eigenvalue weighted by molar-refractivity contribution is 0.337. The van der Waals surface area contributed by atoms with Crippen LogP contribution >= 0.6 is 31.9 Å². The first-order valence-corrected chi connectivity index (χ1v) is 8.16. The van der Waals surface area contributed by atoms with Crippen molar-refractivity contribution in [3.8, 4) is 5.75 Å². The molecule has 4 heteroatoms. The summed E-state index contributed by atoms with van der Waals surface area (Å²) in [5.74, 6) is 0.903. The van der Waals surface area contributed by atoms with Crippen molar-refractivity contribution < 1.29 is 4.74 Å². The molecule has 1 rings (SSSR count). The summed E-state index contributed by atoms with van der Waals surface area (Å²) in [4.78, 5) is 0. The van der Waals surface area contributed by atoms with Crippen molar-refractivity contribution in [2.75, 3.05) is 19.7 Å². The molecular formula is C15H21Br2NO. The van der Waals surface area contributed by atoms with E-state index in [9.17, 15) is 0 Å². The van der Waals surface area contributed by atoms with E-state index >= 15 is 0 Å². The minimum atomic E-state index is 0.661. The van der Waals surface area contributed by atoms with E-state index in [0.29, 0.717) is 6.61 Å². The molecule has 0 spiro atoms. The predicted molar refractivity (Wildman–Crippen MR) is 89.8 cm³/mol. The summed E-state index contributed by atoms with van der Waals surface area (Å²) in [5.41, 5.74) is 2.39. The lowest BCUT2D eigenvalue weighted by Crippen LogP contribution is -2.16. The quantitative estimate of drug-likeness (QED) is 0.660. The first-order chi connectivity index (χ1) is 9.08. The van der Waals surface area contributed by atoms with Crippen LogP contribution in [0.1, 0.15) is 32.8 Å². The molecule has 0 aliphatic rings. The zero-order chi connectivity index (χ0) is 14.3. The van der Waals surface area contributed by atoms with Crippen LogP contribution in [-0.4, -0.2) is 19.7 Å². The Bertz CT molecular complexity index is 444. The Morgan fingerprint density at radius 3 is 2.68 bits per heavy atom. The minimum Gasteiger partial charge on any atom is -0.492 e. The Morgan fingerprint density at radius 1 is 1.32 bits per heavy atom. The summed E-state index contributed by atoms with van der Waals surface area (Å²) in [7, 11) is 0. The molecule has 0 aliphatic heterocycles. The van der Waals surface area contributed by atoms with Crippen LogP contribution < -0.4 is 10.1 Å². The van der Waals surface area contributed by atoms with Gasteiger partial charge < -0.3 is 10.1 Å². The van der Waals surface area contributed by atoms with Crippen molar-refractivity contribution in [2.24, 2.45) is 0 Å². The number of benzene rings is 1. The van der Waals surface area contributed by atoms with E-state index in [2.05, 4.69) is 63.2 Å². The number of nitrogens with one attached hydrogen (secondary N) is 1. The number of hydrogen-bond donors (Lipinski definition) is 1. The third-order valence-electron chi connectivity index (χ3n) is 2.56. The summed E-state index contributed by atoms with van der Waals surface area (Å²) in [5, 5.41) is 3.40. The molecule has 0 saturated heterocycles. The Labute approximate surface area is 132 Å². The van der Waals surface area contributed by atoms with Gasteiger partial charge in [0.25, 0.3) is 0 Å². The Balaban J connectivity index is 2.94. The van der Waals surface area contributed by atoms with Crippen molar-refractivity contribution in [3.63, 3.8) is 0 Å². The van der Waals surface area contributed by atoms with Crippen LogP contribution in [0.3, 0.4) is 0 Å². The van der Waals surface area contributed by atoms with Gasteiger partial charge in [0, 0.05) is 16.6 Å². The van der Waals surface area contributed by atoms with Gasteiger partial charge in [0.05, 0.1) is 11.1 Å². The van der Waals surface area contributed by atoms with Crippen LogP contribution in [0, 0.1) is 0 Å². The van der Waals surface area contributed by atoms with E-state index in [1.165, 1.54) is 5.57 Å². The van der Waals surface area contributed by atoms with E-state index < -0.39 is 0 Å². The second kappa shape index (κ2) is 8.77. The molecule has 0 saturated carbocycles. The van der Waals surface area contributed by atoms with E-state index in [1.54, 1.807) is 0 Å². The van der Waals surface area contributed by atoms with Crippen molar-refractivity contribution in [2.45, 2.75) is 27.2 Å². The highest BCUT2D eigenvalue weighted by atomic mass is 79.9. The molecule has 0 amide bonds. The van der Waals surface area contributed by atoms with Gasteiger partial charge in [-0.1, -0.05) is 34.5 Å². The van der Waals surface area contributed by atoms with E-state index in [1.807, 2.05) is 13.0 Å². The lowest BCUT2D eigenvalue weighted by Gasteiger charge is -2.12. The van der Waals surface area contributed by atoms with Gasteiger partial charge in [0.1, 0.15) is 5.75 Å². The second-order valence-electron chi connectivity index (χ2n) is 4.41. The smallest absolute Gasteiger partial charge is 0.140 e. The highest BCUT2D eigenvalue weighted by Gasteiger charge is 2.08. The van der Waals surface area contributed by atoms with Crippen LogP contribution in [0.15, 0.2) is 26.7 Å². The first kappa shape index (κ1) is 16.7. The molecule has 106 valence electrons. The maximum atomic E-state index is 5.72. The molecule has 19 heavy (non-hydrogen) atoms. The third-order valence-corrected chi connectivity index (χ3v) is 3.61. The second-order valence-corrected chi connectivity index (χ2v) is 6.18. The third kappa shape index (κ3) is 5.67. The summed E-state index contributed by atoms with van der Waals surface area (Å²) in [6.45, 7) is 8.92. The predicted octanol–water partition coefficient (Wildman–Crippen LogP) is 5.01. The first-order valence-electron chi connectivity index (χ1n) is 6.58. The molecule has 0 aliphatic carbocycles. The molecule has 2 nitrogen and oxygen atoms in total. The number of hydrogen-bond acceptors (Lipinski definition) is 2. The molecule has 0 bridgehead atoms. The Morgan fingerprint density at radius 2 is 2.05 bits per heavy atom. The molecule has 1 aromatic rings. The molecular weight excluding hydrogens is 370 g/mol. The molecule has 0 unspecified atom stereocenters. The van der Waals surface area contributed by atoms with Gasteiger partial charge in [0.15, 0.2) is 0 Å². The highest BCUT2D eigenvalue weighted by molar-refractivity contribution is 9.11. The highest BCUT2D eigenvalue weighted by Crippen LogP contribution is 2.34. The van der Waals surface area contributed by atoms with Crippen LogP contribution in [-0.2, 0) is 0 Å². The Hall–Kier alpha value is -0.320. The molecule has 0 heterocycles. The monoisotopic (exact) mass is 389 g/mol. The van der Waals surface area contributed by atoms with Gasteiger partial charge in [-0.2, -0.15) is 0 Å². The normalized spacial score (nSPS) is 11.7. The van der Waals surface area contributed by atoms with Crippen LogP contribution in [0.4, 0.5) is 0 Å². The van der Waals surface area contributed by atoms with Crippen LogP contribution in [0.5, 0.6) is 5.75 Å². The van der Waals surface area contributed by atoms with E-state index in [0.717, 1.165) is 39.8 Å². The molecule has 0 aromatic heterocycles. The maximum absolute atomic E-state index is 5.72. The fourth-order valence-corrected chi connectivity index (χ4v) is 3.14. The Kier molecular flexibility index (Phi) is 7.73. The van der Waals surface area contributed by atoms with Gasteiger partial charge in [-0.05, 0) is 54.9 Å². The topological polar surface area (TPSA) is 21.3 Å². The SMILES string of the molecule is CCCNCC(C)=Cc1cc(Br)cc(Br)c1OCC. The number of halogens is 2. The van der Waals surface area contributed by atoms with E-state index in [4.69, 9.17) is 4.74 Å². The summed E-state index contributed by atoms with van der Waals surface area (Å²) >= 11 is 7.07. The van der Waals surface area contributed by atoms with Crippen molar-refractivity contribution >= 4 is 37.9 Å². The standard InChI is InChI=1S/C15H21Br2NO/c1-4-6-18-10-11(3)7-12-8-13(16)9-14(17)15(12)19-5-2/h7-9,18H,4-6,10H2,1-3H3. The lowest BCUT2D eigenvalue weighted by atomic mass is 10.1. The van der Waals surface area contributed by atoms with Crippen molar-refractivity contribution in [1.82, 2.24) is 5.32 Å². The van der Waals surface area contributed by atoms with E-state index in [-0.39, 0.29) is 0 Å². The molecule has 0 fully saturated rings. The fourth-order valence-electron chi connectivity index (χ4n) is 1.76. The van der Waals surface area contributed by atoms with Gasteiger partial charge in [-0.3, -0.25) is 0 Å². The van der Waals surface area contributed by atoms with Gasteiger partial charge in [0.2, 0.25) is 0 Å². The van der Waals surface area contributed by atoms with Gasteiger partial charge >= 0.3 is 0 Å². The summed E-state index contributed by atoms with van der Waals surface area (Å²) < 4.78 is 7.74. The van der Waals surface area contributed by atoms with Gasteiger partial charge in [-0.15, -0.1) is 0 Å². The van der Waals surface area contributed by atoms with Gasteiger partial charge in [-0.25, -0.2) is 0 Å². The van der Waals surface area contributed by atoms with Crippen molar-refractivity contribution in [1.29, 1.82) is 0 Å². The summed E-state index contributed by atoms with van der Waals surface area (Å²) in [6.07, 6.45) is 3.32. The molecule has 1 N–H and O–H groups in total. The van der Waals surface area contributed by atoms with Crippen molar-refractivity contribution in [3.05, 3.63) is 32.2 Å².